The van der Waals surface area contributed by atoms with E-state index in [-0.39, 0.29) is 11.9 Å². The highest BCUT2D eigenvalue weighted by molar-refractivity contribution is 5.77. The number of nitrogens with one attached hydrogen (secondary N) is 1. The lowest BCUT2D eigenvalue weighted by Gasteiger charge is -2.25. The van der Waals surface area contributed by atoms with Crippen LogP contribution in [0.25, 0.3) is 11.1 Å². The van der Waals surface area contributed by atoms with Crippen LogP contribution in [0.5, 0.6) is 5.75 Å². The fourth-order valence-corrected chi connectivity index (χ4v) is 4.36. The number of pyridine rings is 1. The minimum Gasteiger partial charge on any atom is -0.496 e. The van der Waals surface area contributed by atoms with Crippen molar-refractivity contribution in [1.29, 1.82) is 0 Å². The Morgan fingerprint density at radius 2 is 2.10 bits per heavy atom. The van der Waals surface area contributed by atoms with Gasteiger partial charge in [0.05, 0.1) is 25.0 Å². The van der Waals surface area contributed by atoms with E-state index in [2.05, 4.69) is 27.3 Å². The molecule has 0 unspecified atom stereocenters. The summed E-state index contributed by atoms with van der Waals surface area (Å²) < 4.78 is 5.33. The molecular formula is C24H28N4O2. The summed E-state index contributed by atoms with van der Waals surface area (Å²) in [7, 11) is 1.69. The van der Waals surface area contributed by atoms with E-state index in [1.54, 1.807) is 19.5 Å². The minimum absolute atomic E-state index is 0.0615. The smallest absolute Gasteiger partial charge is 0.223 e. The number of likely N-dealkylation sites (tertiary alicyclic amines) is 1. The number of rotatable bonds is 7. The van der Waals surface area contributed by atoms with Gasteiger partial charge in [-0.25, -0.2) is 0 Å². The molecule has 3 aromatic rings. The Hall–Kier alpha value is -3.15. The molecule has 1 atom stereocenters. The topological polar surface area (TPSA) is 71.1 Å². The molecule has 6 nitrogen and oxygen atoms in total. The van der Waals surface area contributed by atoms with Gasteiger partial charge in [0.1, 0.15) is 5.75 Å². The molecule has 6 heteroatoms. The van der Waals surface area contributed by atoms with Crippen LogP contribution in [0.1, 0.15) is 48.5 Å². The van der Waals surface area contributed by atoms with Crippen LogP contribution in [0.2, 0.25) is 0 Å². The van der Waals surface area contributed by atoms with Gasteiger partial charge in [-0.2, -0.15) is 5.10 Å². The maximum absolute atomic E-state index is 13.0. The summed E-state index contributed by atoms with van der Waals surface area (Å²) in [4.78, 5) is 19.1. The molecule has 0 saturated carbocycles. The molecule has 30 heavy (non-hydrogen) atoms. The van der Waals surface area contributed by atoms with Gasteiger partial charge in [-0.15, -0.1) is 0 Å². The SMILES string of the molecule is COc1ccc(CCCC(=O)N2CCC[C@H]2c2[nH]ncc2-c2ccncc2)cc1C. The fraction of sp³-hybridized carbons (Fsp3) is 0.375. The zero-order valence-electron chi connectivity index (χ0n) is 17.6. The van der Waals surface area contributed by atoms with Crippen LogP contribution in [-0.2, 0) is 11.2 Å². The van der Waals surface area contributed by atoms with Crippen molar-refractivity contribution in [3.63, 3.8) is 0 Å². The molecule has 1 aliphatic rings. The Balaban J connectivity index is 1.40. The number of hydrogen-bond acceptors (Lipinski definition) is 4. The molecule has 0 spiro atoms. The van der Waals surface area contributed by atoms with Crippen molar-refractivity contribution in [2.75, 3.05) is 13.7 Å². The van der Waals surface area contributed by atoms with E-state index in [0.717, 1.165) is 60.4 Å². The number of ether oxygens (including phenoxy) is 1. The lowest BCUT2D eigenvalue weighted by atomic mass is 10.0. The first kappa shape index (κ1) is 20.1. The number of hydrogen-bond donors (Lipinski definition) is 1. The van der Waals surface area contributed by atoms with E-state index in [1.165, 1.54) is 5.56 Å². The Morgan fingerprint density at radius 1 is 1.27 bits per heavy atom. The molecule has 0 radical (unpaired) electrons. The molecular weight excluding hydrogens is 376 g/mol. The van der Waals surface area contributed by atoms with E-state index < -0.39 is 0 Å². The van der Waals surface area contributed by atoms with Gasteiger partial charge < -0.3 is 9.64 Å². The molecule has 2 aromatic heterocycles. The number of benzene rings is 1. The number of carbonyl (C=O) groups excluding carboxylic acids is 1. The quantitative estimate of drug-likeness (QED) is 0.630. The van der Waals surface area contributed by atoms with Gasteiger partial charge in [-0.1, -0.05) is 12.1 Å². The summed E-state index contributed by atoms with van der Waals surface area (Å²) in [5, 5.41) is 7.42. The monoisotopic (exact) mass is 404 g/mol. The third-order valence-corrected chi connectivity index (χ3v) is 5.88. The van der Waals surface area contributed by atoms with Crippen LogP contribution >= 0.6 is 0 Å². The molecule has 4 rings (SSSR count). The van der Waals surface area contributed by atoms with Crippen molar-refractivity contribution in [2.45, 2.75) is 45.1 Å². The van der Waals surface area contributed by atoms with Crippen LogP contribution in [0.4, 0.5) is 0 Å². The predicted molar refractivity (Wildman–Crippen MR) is 116 cm³/mol. The maximum Gasteiger partial charge on any atom is 0.223 e. The van der Waals surface area contributed by atoms with Gasteiger partial charge >= 0.3 is 0 Å². The Morgan fingerprint density at radius 3 is 2.87 bits per heavy atom. The zero-order valence-corrected chi connectivity index (χ0v) is 17.6. The van der Waals surface area contributed by atoms with E-state index in [4.69, 9.17) is 4.74 Å². The Kier molecular flexibility index (Phi) is 6.12. The largest absolute Gasteiger partial charge is 0.496 e. The molecule has 3 heterocycles. The minimum atomic E-state index is 0.0615. The van der Waals surface area contributed by atoms with Gasteiger partial charge in [-0.05, 0) is 67.5 Å². The van der Waals surface area contributed by atoms with Crippen LogP contribution in [-0.4, -0.2) is 39.6 Å². The summed E-state index contributed by atoms with van der Waals surface area (Å²) in [5.74, 6) is 1.12. The predicted octanol–water partition coefficient (Wildman–Crippen LogP) is 4.48. The average molecular weight is 405 g/mol. The van der Waals surface area contributed by atoms with E-state index in [1.807, 2.05) is 36.2 Å². The van der Waals surface area contributed by atoms with Crippen molar-refractivity contribution >= 4 is 5.91 Å². The molecule has 0 bridgehead atoms. The third-order valence-electron chi connectivity index (χ3n) is 5.88. The number of aryl methyl sites for hydroxylation is 2. The third kappa shape index (κ3) is 4.22. The highest BCUT2D eigenvalue weighted by atomic mass is 16.5. The Labute approximate surface area is 177 Å². The number of nitrogens with zero attached hydrogens (tertiary/aromatic N) is 3. The summed E-state index contributed by atoms with van der Waals surface area (Å²) >= 11 is 0. The van der Waals surface area contributed by atoms with E-state index in [0.29, 0.717) is 6.42 Å². The molecule has 156 valence electrons. The summed E-state index contributed by atoms with van der Waals surface area (Å²) in [6, 6.07) is 10.3. The van der Waals surface area contributed by atoms with Crippen molar-refractivity contribution in [3.05, 3.63) is 65.7 Å². The van der Waals surface area contributed by atoms with E-state index in [9.17, 15) is 4.79 Å². The molecule has 1 saturated heterocycles. The average Bonchev–Trinajstić information content (AvgIpc) is 3.44. The van der Waals surface area contributed by atoms with Crippen molar-refractivity contribution in [1.82, 2.24) is 20.1 Å². The van der Waals surface area contributed by atoms with Gasteiger partial charge in [0.2, 0.25) is 5.91 Å². The lowest BCUT2D eigenvalue weighted by Crippen LogP contribution is -2.30. The van der Waals surface area contributed by atoms with E-state index >= 15 is 0 Å². The number of aromatic nitrogens is 3. The molecule has 1 fully saturated rings. The van der Waals surface area contributed by atoms with Gasteiger partial charge in [-0.3, -0.25) is 14.9 Å². The zero-order chi connectivity index (χ0) is 20.9. The molecule has 1 N–H and O–H groups in total. The lowest BCUT2D eigenvalue weighted by molar-refractivity contribution is -0.132. The normalized spacial score (nSPS) is 16.1. The maximum atomic E-state index is 13.0. The fourth-order valence-electron chi connectivity index (χ4n) is 4.36. The first-order valence-corrected chi connectivity index (χ1v) is 10.5. The summed E-state index contributed by atoms with van der Waals surface area (Å²) in [6.45, 7) is 2.85. The first-order chi connectivity index (χ1) is 14.7. The number of H-pyrrole nitrogens is 1. The summed E-state index contributed by atoms with van der Waals surface area (Å²) in [6.07, 6.45) is 9.68. The first-order valence-electron chi connectivity index (χ1n) is 10.5. The van der Waals surface area contributed by atoms with Gasteiger partial charge in [0, 0.05) is 30.9 Å². The van der Waals surface area contributed by atoms with Crippen molar-refractivity contribution in [2.24, 2.45) is 0 Å². The van der Waals surface area contributed by atoms with Gasteiger partial charge in [0.25, 0.3) is 0 Å². The number of carbonyl (C=O) groups is 1. The summed E-state index contributed by atoms with van der Waals surface area (Å²) in [5.41, 5.74) is 5.52. The second-order valence-corrected chi connectivity index (χ2v) is 7.84. The highest BCUT2D eigenvalue weighted by Gasteiger charge is 2.32. The van der Waals surface area contributed by atoms with Crippen LogP contribution in [0.15, 0.2) is 48.9 Å². The number of aromatic amines is 1. The highest BCUT2D eigenvalue weighted by Crippen LogP contribution is 2.36. The molecule has 1 aliphatic heterocycles. The Bertz CT molecular complexity index is 999. The molecule has 1 aromatic carbocycles. The number of amides is 1. The van der Waals surface area contributed by atoms with Crippen LogP contribution in [0, 0.1) is 6.92 Å². The van der Waals surface area contributed by atoms with Gasteiger partial charge in [0.15, 0.2) is 0 Å². The van der Waals surface area contributed by atoms with Crippen molar-refractivity contribution in [3.8, 4) is 16.9 Å². The number of methoxy groups -OCH3 is 1. The second-order valence-electron chi connectivity index (χ2n) is 7.84. The standard InChI is InChI=1S/C24H28N4O2/c1-17-15-18(8-9-22(17)30-2)5-3-7-23(29)28-14-4-6-21(28)24-20(16-26-27-24)19-10-12-25-13-11-19/h8-13,15-16,21H,3-7,14H2,1-2H3,(H,26,27)/t21-/m0/s1. The van der Waals surface area contributed by atoms with Crippen LogP contribution < -0.4 is 4.74 Å². The molecule has 1 amide bonds. The second kappa shape index (κ2) is 9.11. The van der Waals surface area contributed by atoms with Crippen molar-refractivity contribution < 1.29 is 9.53 Å². The van der Waals surface area contributed by atoms with Crippen LogP contribution in [0.3, 0.4) is 0 Å². The molecule has 0 aliphatic carbocycles.